The Bertz CT molecular complexity index is 2820. The van der Waals surface area contributed by atoms with Crippen LogP contribution < -0.4 is 0 Å². The van der Waals surface area contributed by atoms with Crippen molar-refractivity contribution >= 4 is 21.7 Å². The predicted octanol–water partition coefficient (Wildman–Crippen LogP) is 12.8. The van der Waals surface area contributed by atoms with E-state index in [1.54, 1.807) is 0 Å². The summed E-state index contributed by atoms with van der Waals surface area (Å²) in [6.07, 6.45) is 0. The molecule has 0 unspecified atom stereocenters. The van der Waals surface area contributed by atoms with Crippen molar-refractivity contribution < 1.29 is 0 Å². The monoisotopic (exact) mass is 677 g/mol. The Labute approximate surface area is 309 Å². The van der Waals surface area contributed by atoms with Crippen LogP contribution in [0.25, 0.3) is 89.1 Å². The van der Waals surface area contributed by atoms with Crippen LogP contribution >= 0.6 is 0 Å². The fourth-order valence-corrected chi connectivity index (χ4v) is 8.26. The molecule has 0 N–H and O–H groups in total. The first kappa shape index (κ1) is 31.1. The topological polar surface area (TPSA) is 38.7 Å². The van der Waals surface area contributed by atoms with Crippen LogP contribution in [-0.4, -0.2) is 15.0 Å². The van der Waals surface area contributed by atoms with E-state index in [-0.39, 0.29) is 5.41 Å². The molecule has 0 fully saturated rings. The highest BCUT2D eigenvalue weighted by molar-refractivity contribution is 6.15. The van der Waals surface area contributed by atoms with Crippen molar-refractivity contribution in [1.29, 1.82) is 0 Å². The minimum Gasteiger partial charge on any atom is -0.247 e. The fourth-order valence-electron chi connectivity index (χ4n) is 8.26. The zero-order valence-electron chi connectivity index (χ0n) is 29.6. The van der Waals surface area contributed by atoms with Gasteiger partial charge in [-0.25, -0.2) is 15.0 Å². The molecular formula is C50H35N3. The highest BCUT2D eigenvalue weighted by Gasteiger charge is 2.37. The summed E-state index contributed by atoms with van der Waals surface area (Å²) in [4.78, 5) is 15.5. The molecule has 3 nitrogen and oxygen atoms in total. The van der Waals surface area contributed by atoms with Crippen molar-refractivity contribution in [3.05, 3.63) is 187 Å². The van der Waals surface area contributed by atoms with E-state index in [2.05, 4.69) is 166 Å². The summed E-state index contributed by atoms with van der Waals surface area (Å²) in [6, 6.07) is 62.2. The fraction of sp³-hybridized carbons (Fsp3) is 0.0600. The average molecular weight is 678 g/mol. The van der Waals surface area contributed by atoms with Crippen LogP contribution in [0.4, 0.5) is 0 Å². The largest absolute Gasteiger partial charge is 0.247 e. The van der Waals surface area contributed by atoms with E-state index in [0.29, 0.717) is 5.82 Å². The van der Waals surface area contributed by atoms with Gasteiger partial charge in [0.2, 0.25) is 0 Å². The number of hydrogen-bond donors (Lipinski definition) is 0. The molecule has 3 heteroatoms. The first-order valence-electron chi connectivity index (χ1n) is 18.2. The minimum atomic E-state index is -0.139. The van der Waals surface area contributed by atoms with Gasteiger partial charge in [-0.15, -0.1) is 0 Å². The third kappa shape index (κ3) is 5.16. The van der Waals surface area contributed by atoms with Crippen LogP contribution in [0, 0.1) is 0 Å². The van der Waals surface area contributed by atoms with E-state index < -0.39 is 0 Å². The first-order chi connectivity index (χ1) is 26.0. The molecule has 2 heterocycles. The second-order valence-electron chi connectivity index (χ2n) is 14.4. The lowest BCUT2D eigenvalue weighted by molar-refractivity contribution is 0.666. The molecule has 1 aliphatic rings. The van der Waals surface area contributed by atoms with Gasteiger partial charge >= 0.3 is 0 Å². The van der Waals surface area contributed by atoms with E-state index in [1.165, 1.54) is 49.5 Å². The van der Waals surface area contributed by atoms with Crippen molar-refractivity contribution in [2.75, 3.05) is 0 Å². The summed E-state index contributed by atoms with van der Waals surface area (Å²) in [7, 11) is 0. The Balaban J connectivity index is 1.09. The van der Waals surface area contributed by atoms with Crippen molar-refractivity contribution in [2.45, 2.75) is 19.3 Å². The molecule has 0 bridgehead atoms. The number of aromatic nitrogens is 3. The standard InChI is InChI=1S/C50H35N3/c1-50(2)42-19-11-9-17-38(42)39-29-30-41-46(47(39)50)40-18-10-12-20-43(40)51-48(41)36-27-25-35(26-28-36)45-31-44(52-49(53-45)37-15-7-4-8-16-37)34-23-21-33(22-24-34)32-13-5-3-6-14-32/h3-31H,1-2H3. The van der Waals surface area contributed by atoms with Gasteiger partial charge in [0, 0.05) is 38.4 Å². The maximum atomic E-state index is 5.31. The number of nitrogens with zero attached hydrogens (tertiary/aromatic N) is 3. The lowest BCUT2D eigenvalue weighted by Crippen LogP contribution is -2.15. The summed E-state index contributed by atoms with van der Waals surface area (Å²) in [5, 5.41) is 3.66. The molecule has 250 valence electrons. The van der Waals surface area contributed by atoms with Gasteiger partial charge in [0.05, 0.1) is 22.6 Å². The first-order valence-corrected chi connectivity index (χ1v) is 18.2. The quantitative estimate of drug-likeness (QED) is 0.170. The van der Waals surface area contributed by atoms with Gasteiger partial charge in [-0.1, -0.05) is 178 Å². The van der Waals surface area contributed by atoms with Crippen LogP contribution in [0.3, 0.4) is 0 Å². The molecule has 0 saturated heterocycles. The van der Waals surface area contributed by atoms with Gasteiger partial charge in [-0.3, -0.25) is 0 Å². The van der Waals surface area contributed by atoms with Crippen LogP contribution in [0.15, 0.2) is 176 Å². The Morgan fingerprint density at radius 3 is 1.64 bits per heavy atom. The van der Waals surface area contributed by atoms with Gasteiger partial charge in [-0.2, -0.15) is 0 Å². The summed E-state index contributed by atoms with van der Waals surface area (Å²) in [5.41, 5.74) is 15.5. The second kappa shape index (κ2) is 12.2. The van der Waals surface area contributed by atoms with E-state index in [1.807, 2.05) is 24.3 Å². The van der Waals surface area contributed by atoms with Crippen LogP contribution in [0.2, 0.25) is 0 Å². The normalized spacial score (nSPS) is 12.9. The third-order valence-electron chi connectivity index (χ3n) is 10.9. The number of rotatable bonds is 5. The summed E-state index contributed by atoms with van der Waals surface area (Å²) in [5.74, 6) is 0.703. The van der Waals surface area contributed by atoms with Gasteiger partial charge in [0.25, 0.3) is 0 Å². The van der Waals surface area contributed by atoms with Crippen molar-refractivity contribution in [2.24, 2.45) is 0 Å². The lowest BCUT2D eigenvalue weighted by Gasteiger charge is -2.24. The molecule has 2 aromatic heterocycles. The van der Waals surface area contributed by atoms with E-state index in [9.17, 15) is 0 Å². The molecule has 7 aromatic carbocycles. The molecule has 0 saturated carbocycles. The minimum absolute atomic E-state index is 0.139. The Hall–Kier alpha value is -6.71. The SMILES string of the molecule is CC1(C)c2ccccc2-c2ccc3c(-c4ccc(-c5cc(-c6ccc(-c7ccccc7)cc6)nc(-c6ccccc6)n5)cc4)nc4ccccc4c3c21. The number of pyridine rings is 1. The van der Waals surface area contributed by atoms with Crippen molar-refractivity contribution in [3.8, 4) is 67.4 Å². The van der Waals surface area contributed by atoms with Gasteiger partial charge in [-0.05, 0) is 50.9 Å². The van der Waals surface area contributed by atoms with Crippen molar-refractivity contribution in [3.63, 3.8) is 0 Å². The zero-order valence-corrected chi connectivity index (χ0v) is 29.6. The summed E-state index contributed by atoms with van der Waals surface area (Å²) >= 11 is 0. The molecule has 0 radical (unpaired) electrons. The molecule has 1 aliphatic carbocycles. The predicted molar refractivity (Wildman–Crippen MR) is 220 cm³/mol. The number of benzene rings is 7. The molecule has 9 aromatic rings. The number of hydrogen-bond acceptors (Lipinski definition) is 3. The van der Waals surface area contributed by atoms with Crippen LogP contribution in [0.5, 0.6) is 0 Å². The van der Waals surface area contributed by atoms with Gasteiger partial charge in [0.1, 0.15) is 0 Å². The van der Waals surface area contributed by atoms with Crippen LogP contribution in [-0.2, 0) is 5.41 Å². The summed E-state index contributed by atoms with van der Waals surface area (Å²) in [6.45, 7) is 4.72. The van der Waals surface area contributed by atoms with Crippen molar-refractivity contribution in [1.82, 2.24) is 15.0 Å². The average Bonchev–Trinajstić information content (AvgIpc) is 3.47. The molecule has 0 atom stereocenters. The molecule has 10 rings (SSSR count). The van der Waals surface area contributed by atoms with E-state index in [4.69, 9.17) is 15.0 Å². The lowest BCUT2D eigenvalue weighted by atomic mass is 9.79. The number of fused-ring (bicyclic) bond motifs is 7. The van der Waals surface area contributed by atoms with E-state index in [0.717, 1.165) is 44.9 Å². The van der Waals surface area contributed by atoms with E-state index >= 15 is 0 Å². The highest BCUT2D eigenvalue weighted by atomic mass is 14.9. The Kier molecular flexibility index (Phi) is 7.16. The van der Waals surface area contributed by atoms with Crippen LogP contribution in [0.1, 0.15) is 25.0 Å². The molecule has 0 aliphatic heterocycles. The third-order valence-corrected chi connectivity index (χ3v) is 10.9. The molecular weight excluding hydrogens is 643 g/mol. The van der Waals surface area contributed by atoms with Gasteiger partial charge < -0.3 is 0 Å². The number of para-hydroxylation sites is 1. The molecule has 0 amide bonds. The smallest absolute Gasteiger partial charge is 0.160 e. The highest BCUT2D eigenvalue weighted by Crippen LogP contribution is 2.53. The Morgan fingerprint density at radius 2 is 0.943 bits per heavy atom. The molecule has 0 spiro atoms. The maximum absolute atomic E-state index is 5.31. The second-order valence-corrected chi connectivity index (χ2v) is 14.4. The van der Waals surface area contributed by atoms with Gasteiger partial charge in [0.15, 0.2) is 5.82 Å². The maximum Gasteiger partial charge on any atom is 0.160 e. The summed E-state index contributed by atoms with van der Waals surface area (Å²) < 4.78 is 0. The Morgan fingerprint density at radius 1 is 0.396 bits per heavy atom. The molecule has 53 heavy (non-hydrogen) atoms. The zero-order chi connectivity index (χ0) is 35.5.